The van der Waals surface area contributed by atoms with Crippen LogP contribution in [0.4, 0.5) is 5.69 Å². The van der Waals surface area contributed by atoms with Crippen molar-refractivity contribution in [2.24, 2.45) is 0 Å². The van der Waals surface area contributed by atoms with Crippen LogP contribution in [-0.4, -0.2) is 49.4 Å². The summed E-state index contributed by atoms with van der Waals surface area (Å²) in [5.74, 6) is -0.502. The zero-order chi connectivity index (χ0) is 19.8. The fraction of sp³-hybridized carbons (Fsp3) is 0.526. The molecule has 2 aliphatic heterocycles. The Bertz CT molecular complexity index is 788. The lowest BCUT2D eigenvalue weighted by Crippen LogP contribution is -2.47. The highest BCUT2D eigenvalue weighted by molar-refractivity contribution is 6.37. The monoisotopic (exact) mass is 412 g/mol. The molecule has 0 saturated carbocycles. The number of likely N-dealkylation sites (tertiary alicyclic amines) is 1. The van der Waals surface area contributed by atoms with Gasteiger partial charge in [-0.15, -0.1) is 0 Å². The standard InChI is InChI=1S/C19H22Cl2N2O4/c1-12(24)23-11-19(14-9-13(20)10-15(21)18(14)23)5-7-22(8-6-19)16(25)3-4-17(26)27-2/h9-10H,3-8,11H2,1-2H3. The van der Waals surface area contributed by atoms with Gasteiger partial charge in [-0.05, 0) is 30.5 Å². The summed E-state index contributed by atoms with van der Waals surface area (Å²) in [5.41, 5.74) is 1.46. The minimum absolute atomic E-state index is 0.0546. The van der Waals surface area contributed by atoms with Crippen LogP contribution >= 0.6 is 23.2 Å². The van der Waals surface area contributed by atoms with E-state index in [9.17, 15) is 14.4 Å². The largest absolute Gasteiger partial charge is 0.469 e. The van der Waals surface area contributed by atoms with E-state index in [4.69, 9.17) is 23.2 Å². The molecule has 0 aliphatic carbocycles. The number of esters is 1. The van der Waals surface area contributed by atoms with Crippen molar-refractivity contribution in [2.45, 2.75) is 38.0 Å². The fourth-order valence-electron chi connectivity index (χ4n) is 4.06. The molecule has 2 heterocycles. The second-order valence-corrected chi connectivity index (χ2v) is 7.97. The van der Waals surface area contributed by atoms with Gasteiger partial charge in [0.2, 0.25) is 11.8 Å². The van der Waals surface area contributed by atoms with Crippen LogP contribution < -0.4 is 4.90 Å². The summed E-state index contributed by atoms with van der Waals surface area (Å²) in [6, 6.07) is 3.54. The van der Waals surface area contributed by atoms with Crippen molar-refractivity contribution in [3.05, 3.63) is 27.7 Å². The highest BCUT2D eigenvalue weighted by atomic mass is 35.5. The number of amides is 2. The number of carbonyl (C=O) groups is 3. The third-order valence-electron chi connectivity index (χ3n) is 5.55. The van der Waals surface area contributed by atoms with Gasteiger partial charge < -0.3 is 14.5 Å². The van der Waals surface area contributed by atoms with E-state index >= 15 is 0 Å². The molecule has 0 atom stereocenters. The van der Waals surface area contributed by atoms with E-state index in [1.165, 1.54) is 14.0 Å². The average Bonchev–Trinajstić information content (AvgIpc) is 2.94. The van der Waals surface area contributed by atoms with Crippen molar-refractivity contribution in [2.75, 3.05) is 31.6 Å². The zero-order valence-electron chi connectivity index (χ0n) is 15.4. The van der Waals surface area contributed by atoms with E-state index in [0.29, 0.717) is 42.5 Å². The minimum Gasteiger partial charge on any atom is -0.469 e. The van der Waals surface area contributed by atoms with Crippen LogP contribution in [0.15, 0.2) is 12.1 Å². The number of hydrogen-bond acceptors (Lipinski definition) is 4. The van der Waals surface area contributed by atoms with Gasteiger partial charge in [0.25, 0.3) is 0 Å². The number of piperidine rings is 1. The summed E-state index contributed by atoms with van der Waals surface area (Å²) in [5, 5.41) is 1.02. The van der Waals surface area contributed by atoms with Gasteiger partial charge in [0.1, 0.15) is 0 Å². The van der Waals surface area contributed by atoms with Crippen molar-refractivity contribution in [3.63, 3.8) is 0 Å². The third kappa shape index (κ3) is 3.78. The van der Waals surface area contributed by atoms with Crippen LogP contribution in [0.2, 0.25) is 10.0 Å². The van der Waals surface area contributed by atoms with Gasteiger partial charge in [-0.25, -0.2) is 0 Å². The molecule has 1 aromatic rings. The van der Waals surface area contributed by atoms with Crippen molar-refractivity contribution in [3.8, 4) is 0 Å². The van der Waals surface area contributed by atoms with Crippen molar-refractivity contribution < 1.29 is 19.1 Å². The summed E-state index contributed by atoms with van der Waals surface area (Å²) < 4.78 is 4.59. The average molecular weight is 413 g/mol. The molecule has 0 bridgehead atoms. The number of anilines is 1. The first kappa shape index (κ1) is 20.0. The summed E-state index contributed by atoms with van der Waals surface area (Å²) in [6.45, 7) is 3.20. The molecule has 8 heteroatoms. The van der Waals surface area contributed by atoms with Crippen molar-refractivity contribution in [1.29, 1.82) is 0 Å². The van der Waals surface area contributed by atoms with E-state index in [-0.39, 0.29) is 36.0 Å². The quantitative estimate of drug-likeness (QED) is 0.714. The molecule has 1 spiro atoms. The molecular formula is C19H22Cl2N2O4. The molecule has 0 radical (unpaired) electrons. The summed E-state index contributed by atoms with van der Waals surface area (Å²) >= 11 is 12.6. The molecule has 146 valence electrons. The summed E-state index contributed by atoms with van der Waals surface area (Å²) in [7, 11) is 1.31. The molecule has 1 saturated heterocycles. The second-order valence-electron chi connectivity index (χ2n) is 7.13. The Labute approximate surface area is 168 Å². The van der Waals surface area contributed by atoms with Crippen LogP contribution in [0.1, 0.15) is 38.2 Å². The van der Waals surface area contributed by atoms with Crippen LogP contribution in [-0.2, 0) is 24.5 Å². The van der Waals surface area contributed by atoms with E-state index in [1.54, 1.807) is 15.9 Å². The molecule has 1 fully saturated rings. The number of fused-ring (bicyclic) bond motifs is 2. The maximum Gasteiger partial charge on any atom is 0.306 e. The Kier molecular flexibility index (Phi) is 5.68. The number of carbonyl (C=O) groups excluding carboxylic acids is 3. The smallest absolute Gasteiger partial charge is 0.306 e. The highest BCUT2D eigenvalue weighted by Gasteiger charge is 2.47. The van der Waals surface area contributed by atoms with E-state index in [1.807, 2.05) is 6.07 Å². The maximum atomic E-state index is 12.4. The highest BCUT2D eigenvalue weighted by Crippen LogP contribution is 2.50. The maximum absolute atomic E-state index is 12.4. The number of hydrogen-bond donors (Lipinski definition) is 0. The summed E-state index contributed by atoms with van der Waals surface area (Å²) in [4.78, 5) is 39.2. The van der Waals surface area contributed by atoms with E-state index < -0.39 is 0 Å². The molecule has 0 N–H and O–H groups in total. The van der Waals surface area contributed by atoms with Crippen molar-refractivity contribution in [1.82, 2.24) is 4.90 Å². The SMILES string of the molecule is COC(=O)CCC(=O)N1CCC2(CC1)CN(C(C)=O)c1c(Cl)cc(Cl)cc12. The molecule has 0 unspecified atom stereocenters. The van der Waals surface area contributed by atoms with Gasteiger partial charge >= 0.3 is 5.97 Å². The lowest BCUT2D eigenvalue weighted by atomic mass is 9.74. The Hall–Kier alpha value is -1.79. The van der Waals surface area contributed by atoms with Gasteiger partial charge in [-0.2, -0.15) is 0 Å². The first-order valence-electron chi connectivity index (χ1n) is 8.89. The lowest BCUT2D eigenvalue weighted by Gasteiger charge is -2.40. The Morgan fingerprint density at radius 2 is 1.81 bits per heavy atom. The number of nitrogens with zero attached hydrogens (tertiary/aromatic N) is 2. The van der Waals surface area contributed by atoms with E-state index in [2.05, 4.69) is 4.74 Å². The molecule has 0 aromatic heterocycles. The Morgan fingerprint density at radius 1 is 1.15 bits per heavy atom. The Balaban J connectivity index is 1.77. The lowest BCUT2D eigenvalue weighted by molar-refractivity contribution is -0.144. The molecule has 2 amide bonds. The molecule has 2 aliphatic rings. The van der Waals surface area contributed by atoms with Crippen molar-refractivity contribution >= 4 is 46.7 Å². The summed E-state index contributed by atoms with van der Waals surface area (Å²) in [6.07, 6.45) is 1.66. The third-order valence-corrected chi connectivity index (χ3v) is 6.06. The molecule has 6 nitrogen and oxygen atoms in total. The number of methoxy groups -OCH3 is 1. The van der Waals surface area contributed by atoms with Gasteiger partial charge in [-0.1, -0.05) is 23.2 Å². The van der Waals surface area contributed by atoms with Gasteiger partial charge in [0, 0.05) is 43.4 Å². The van der Waals surface area contributed by atoms with Crippen LogP contribution in [0.3, 0.4) is 0 Å². The molecular weight excluding hydrogens is 391 g/mol. The predicted octanol–water partition coefficient (Wildman–Crippen LogP) is 3.17. The predicted molar refractivity (Wildman–Crippen MR) is 103 cm³/mol. The second kappa shape index (κ2) is 7.68. The van der Waals surface area contributed by atoms with Crippen LogP contribution in [0.25, 0.3) is 0 Å². The van der Waals surface area contributed by atoms with E-state index in [0.717, 1.165) is 11.3 Å². The van der Waals surface area contributed by atoms with Crippen LogP contribution in [0.5, 0.6) is 0 Å². The topological polar surface area (TPSA) is 66.9 Å². The number of ether oxygens (including phenoxy) is 1. The van der Waals surface area contributed by atoms with Gasteiger partial charge in [0.15, 0.2) is 0 Å². The number of rotatable bonds is 3. The Morgan fingerprint density at radius 3 is 2.41 bits per heavy atom. The normalized spacial score (nSPS) is 17.8. The van der Waals surface area contributed by atoms with Crippen LogP contribution in [0, 0.1) is 0 Å². The van der Waals surface area contributed by atoms with Gasteiger partial charge in [-0.3, -0.25) is 14.4 Å². The first-order chi connectivity index (χ1) is 12.8. The first-order valence-corrected chi connectivity index (χ1v) is 9.65. The number of halogens is 2. The molecule has 3 rings (SSSR count). The fourth-order valence-corrected chi connectivity index (χ4v) is 4.66. The minimum atomic E-state index is -0.386. The molecule has 27 heavy (non-hydrogen) atoms. The zero-order valence-corrected chi connectivity index (χ0v) is 16.9. The molecule has 1 aromatic carbocycles. The van der Waals surface area contributed by atoms with Gasteiger partial charge in [0.05, 0.1) is 24.2 Å². The number of benzene rings is 1.